The lowest BCUT2D eigenvalue weighted by atomic mass is 9.90. The van der Waals surface area contributed by atoms with Gasteiger partial charge in [0, 0.05) is 46.8 Å². The molecular weight excluding hydrogens is 368 g/mol. The van der Waals surface area contributed by atoms with Crippen molar-refractivity contribution in [3.63, 3.8) is 0 Å². The lowest BCUT2D eigenvalue weighted by molar-refractivity contribution is 0.353. The van der Waals surface area contributed by atoms with E-state index in [1.54, 1.807) is 0 Å². The molecule has 0 bridgehead atoms. The molecule has 0 spiro atoms. The molecule has 0 unspecified atom stereocenters. The fourth-order valence-electron chi connectivity index (χ4n) is 4.05. The van der Waals surface area contributed by atoms with Crippen molar-refractivity contribution in [2.75, 3.05) is 11.9 Å². The first-order valence-corrected chi connectivity index (χ1v) is 10.6. The predicted octanol–water partition coefficient (Wildman–Crippen LogP) is 5.23. The summed E-state index contributed by atoms with van der Waals surface area (Å²) in [5.41, 5.74) is 3.43. The third-order valence-electron chi connectivity index (χ3n) is 5.59. The summed E-state index contributed by atoms with van der Waals surface area (Å²) >= 11 is 6.10. The van der Waals surface area contributed by atoms with Crippen molar-refractivity contribution in [1.82, 2.24) is 15.3 Å². The van der Waals surface area contributed by atoms with Gasteiger partial charge >= 0.3 is 0 Å². The van der Waals surface area contributed by atoms with Crippen LogP contribution in [0.2, 0.25) is 5.02 Å². The van der Waals surface area contributed by atoms with Crippen LogP contribution in [0.5, 0.6) is 0 Å². The van der Waals surface area contributed by atoms with Crippen molar-refractivity contribution in [1.29, 1.82) is 0 Å². The minimum atomic E-state index is 0.523. The summed E-state index contributed by atoms with van der Waals surface area (Å²) in [5.74, 6) is 0. The summed E-state index contributed by atoms with van der Waals surface area (Å²) in [6.07, 6.45) is 12.7. The SMILES string of the molecule is Clc1ccc2c(N[C@H]3CC[C@@H](NCCCc4cccnc4)CC3)ccnc2c1. The zero-order valence-electron chi connectivity index (χ0n) is 16.1. The van der Waals surface area contributed by atoms with E-state index in [-0.39, 0.29) is 0 Å². The second kappa shape index (κ2) is 9.35. The molecule has 1 fully saturated rings. The summed E-state index contributed by atoms with van der Waals surface area (Å²) in [4.78, 5) is 8.61. The van der Waals surface area contributed by atoms with Gasteiger partial charge < -0.3 is 10.6 Å². The second-order valence-electron chi connectivity index (χ2n) is 7.63. The number of anilines is 1. The summed E-state index contributed by atoms with van der Waals surface area (Å²) in [7, 11) is 0. The molecule has 28 heavy (non-hydrogen) atoms. The van der Waals surface area contributed by atoms with Crippen molar-refractivity contribution in [3.05, 3.63) is 65.6 Å². The normalized spacial score (nSPS) is 19.6. The van der Waals surface area contributed by atoms with Gasteiger partial charge in [0.2, 0.25) is 0 Å². The number of nitrogens with one attached hydrogen (secondary N) is 2. The number of halogens is 1. The molecule has 146 valence electrons. The largest absolute Gasteiger partial charge is 0.382 e. The molecule has 4 rings (SSSR count). The lowest BCUT2D eigenvalue weighted by Crippen LogP contribution is -2.37. The van der Waals surface area contributed by atoms with E-state index >= 15 is 0 Å². The van der Waals surface area contributed by atoms with E-state index in [0.717, 1.165) is 41.0 Å². The number of benzene rings is 1. The van der Waals surface area contributed by atoms with Gasteiger partial charge in [-0.15, -0.1) is 0 Å². The molecule has 0 aliphatic heterocycles. The maximum atomic E-state index is 6.10. The molecule has 2 N–H and O–H groups in total. The van der Waals surface area contributed by atoms with Crippen molar-refractivity contribution >= 4 is 28.2 Å². The maximum Gasteiger partial charge on any atom is 0.0737 e. The van der Waals surface area contributed by atoms with Gasteiger partial charge in [0.05, 0.1) is 5.52 Å². The minimum absolute atomic E-state index is 0.523. The molecule has 0 atom stereocenters. The molecule has 4 nitrogen and oxygen atoms in total. The number of hydrogen-bond acceptors (Lipinski definition) is 4. The molecule has 1 aliphatic rings. The van der Waals surface area contributed by atoms with Gasteiger partial charge in [0.1, 0.15) is 0 Å². The standard InChI is InChI=1S/C23H27ClN4/c24-18-5-10-21-22(11-14-27-23(21)15-18)28-20-8-6-19(7-9-20)26-13-2-4-17-3-1-12-25-16-17/h1,3,5,10-12,14-16,19-20,26H,2,4,6-9,13H2,(H,27,28)/t19-,20+. The zero-order valence-corrected chi connectivity index (χ0v) is 16.8. The average molecular weight is 395 g/mol. The first kappa shape index (κ1) is 19.2. The Morgan fingerprint density at radius 3 is 2.68 bits per heavy atom. The summed E-state index contributed by atoms with van der Waals surface area (Å²) < 4.78 is 0. The summed E-state index contributed by atoms with van der Waals surface area (Å²) in [6.45, 7) is 1.08. The molecule has 0 radical (unpaired) electrons. The van der Waals surface area contributed by atoms with E-state index < -0.39 is 0 Å². The first-order chi connectivity index (χ1) is 13.8. The number of aryl methyl sites for hydroxylation is 1. The first-order valence-electron chi connectivity index (χ1n) is 10.2. The Kier molecular flexibility index (Phi) is 6.40. The third-order valence-corrected chi connectivity index (χ3v) is 5.82. The van der Waals surface area contributed by atoms with Crippen LogP contribution in [0, 0.1) is 0 Å². The van der Waals surface area contributed by atoms with Crippen LogP contribution in [0.25, 0.3) is 10.9 Å². The number of rotatable bonds is 7. The van der Waals surface area contributed by atoms with Gasteiger partial charge in [0.15, 0.2) is 0 Å². The molecule has 2 aromatic heterocycles. The van der Waals surface area contributed by atoms with E-state index in [9.17, 15) is 0 Å². The highest BCUT2D eigenvalue weighted by molar-refractivity contribution is 6.31. The maximum absolute atomic E-state index is 6.10. The molecule has 5 heteroatoms. The predicted molar refractivity (Wildman–Crippen MR) is 117 cm³/mol. The highest BCUT2D eigenvalue weighted by atomic mass is 35.5. The van der Waals surface area contributed by atoms with Crippen LogP contribution in [-0.4, -0.2) is 28.6 Å². The van der Waals surface area contributed by atoms with Crippen molar-refractivity contribution in [2.24, 2.45) is 0 Å². The van der Waals surface area contributed by atoms with Crippen LogP contribution in [0.4, 0.5) is 5.69 Å². The van der Waals surface area contributed by atoms with Crippen molar-refractivity contribution in [2.45, 2.75) is 50.6 Å². The third kappa shape index (κ3) is 5.00. The van der Waals surface area contributed by atoms with Gasteiger partial charge in [-0.1, -0.05) is 17.7 Å². The Hall–Kier alpha value is -2.17. The van der Waals surface area contributed by atoms with Gasteiger partial charge in [0.25, 0.3) is 0 Å². The zero-order chi connectivity index (χ0) is 19.2. The fraction of sp³-hybridized carbons (Fsp3) is 0.391. The number of fused-ring (bicyclic) bond motifs is 1. The van der Waals surface area contributed by atoms with Crippen LogP contribution in [0.1, 0.15) is 37.7 Å². The number of hydrogen-bond donors (Lipinski definition) is 2. The van der Waals surface area contributed by atoms with E-state index in [1.807, 2.05) is 36.8 Å². The highest BCUT2D eigenvalue weighted by Crippen LogP contribution is 2.28. The quantitative estimate of drug-likeness (QED) is 0.539. The molecule has 1 aromatic carbocycles. The Morgan fingerprint density at radius 2 is 1.86 bits per heavy atom. The van der Waals surface area contributed by atoms with E-state index in [4.69, 9.17) is 11.6 Å². The molecule has 2 heterocycles. The van der Waals surface area contributed by atoms with Crippen LogP contribution in [0.3, 0.4) is 0 Å². The van der Waals surface area contributed by atoms with Crippen LogP contribution < -0.4 is 10.6 Å². The van der Waals surface area contributed by atoms with Crippen LogP contribution >= 0.6 is 11.6 Å². The minimum Gasteiger partial charge on any atom is -0.382 e. The average Bonchev–Trinajstić information content (AvgIpc) is 2.73. The smallest absolute Gasteiger partial charge is 0.0737 e. The number of nitrogens with zero attached hydrogens (tertiary/aromatic N) is 2. The van der Waals surface area contributed by atoms with Crippen LogP contribution in [0.15, 0.2) is 55.0 Å². The highest BCUT2D eigenvalue weighted by Gasteiger charge is 2.21. The fourth-order valence-corrected chi connectivity index (χ4v) is 4.22. The summed E-state index contributed by atoms with van der Waals surface area (Å²) in [6, 6.07) is 13.3. The number of aromatic nitrogens is 2. The summed E-state index contributed by atoms with van der Waals surface area (Å²) in [5, 5.41) is 9.34. The van der Waals surface area contributed by atoms with E-state index in [1.165, 1.54) is 31.2 Å². The van der Waals surface area contributed by atoms with Crippen LogP contribution in [-0.2, 0) is 6.42 Å². The topological polar surface area (TPSA) is 49.8 Å². The van der Waals surface area contributed by atoms with Gasteiger partial charge in [-0.3, -0.25) is 9.97 Å². The number of pyridine rings is 2. The molecular formula is C23H27ClN4. The molecule has 0 saturated heterocycles. The molecule has 3 aromatic rings. The monoisotopic (exact) mass is 394 g/mol. The van der Waals surface area contributed by atoms with Gasteiger partial charge in [-0.25, -0.2) is 0 Å². The Balaban J connectivity index is 1.22. The molecule has 1 saturated carbocycles. The Labute approximate surface area is 171 Å². The molecule has 0 amide bonds. The van der Waals surface area contributed by atoms with E-state index in [2.05, 4.69) is 38.8 Å². The van der Waals surface area contributed by atoms with E-state index in [0.29, 0.717) is 12.1 Å². The second-order valence-corrected chi connectivity index (χ2v) is 8.07. The Bertz CT molecular complexity index is 892. The molecule has 1 aliphatic carbocycles. The Morgan fingerprint density at radius 1 is 1.00 bits per heavy atom. The van der Waals surface area contributed by atoms with Gasteiger partial charge in [-0.05, 0) is 81.0 Å². The van der Waals surface area contributed by atoms with Crippen molar-refractivity contribution < 1.29 is 0 Å². The van der Waals surface area contributed by atoms with Crippen molar-refractivity contribution in [3.8, 4) is 0 Å². The van der Waals surface area contributed by atoms with Gasteiger partial charge in [-0.2, -0.15) is 0 Å². The lowest BCUT2D eigenvalue weighted by Gasteiger charge is -2.30.